The van der Waals surface area contributed by atoms with Gasteiger partial charge in [-0.3, -0.25) is 0 Å². The Balaban J connectivity index is 2.45. The lowest BCUT2D eigenvalue weighted by Crippen LogP contribution is -2.16. The zero-order chi connectivity index (χ0) is 15.6. The molecular weight excluding hydrogens is 268 g/mol. The molecular formula is C15H18N4O2. The normalized spacial score (nSPS) is 11.5. The second kappa shape index (κ2) is 5.78. The summed E-state index contributed by atoms with van der Waals surface area (Å²) in [5, 5.41) is 11.7. The summed E-state index contributed by atoms with van der Waals surface area (Å²) >= 11 is 0. The van der Waals surface area contributed by atoms with Crippen LogP contribution in [0.1, 0.15) is 28.1 Å². The lowest BCUT2D eigenvalue weighted by atomic mass is 10.1. The standard InChI is InChI=1S/C15H18N4O2/c1-8-5-6-9(2)13(11(8)4)21-15-17-10(3)7-12(18-15)14(16)19-20/h5-7,20H,1-4H3,(H2,16,19). The summed E-state index contributed by atoms with van der Waals surface area (Å²) in [5.74, 6) is 0.647. The summed E-state index contributed by atoms with van der Waals surface area (Å²) in [7, 11) is 0. The van der Waals surface area contributed by atoms with Crippen LogP contribution in [-0.2, 0) is 0 Å². The Morgan fingerprint density at radius 1 is 1.14 bits per heavy atom. The maximum atomic E-state index is 8.75. The molecule has 2 rings (SSSR count). The number of rotatable bonds is 3. The van der Waals surface area contributed by atoms with Gasteiger partial charge in [-0.05, 0) is 50.5 Å². The predicted molar refractivity (Wildman–Crippen MR) is 80.0 cm³/mol. The van der Waals surface area contributed by atoms with Crippen LogP contribution in [0.3, 0.4) is 0 Å². The van der Waals surface area contributed by atoms with E-state index in [4.69, 9.17) is 15.7 Å². The number of nitrogens with two attached hydrogens (primary N) is 1. The number of nitrogens with zero attached hydrogens (tertiary/aromatic N) is 3. The van der Waals surface area contributed by atoms with E-state index in [1.807, 2.05) is 32.9 Å². The summed E-state index contributed by atoms with van der Waals surface area (Å²) in [4.78, 5) is 8.39. The molecule has 0 fully saturated rings. The third-order valence-corrected chi connectivity index (χ3v) is 3.27. The highest BCUT2D eigenvalue weighted by Crippen LogP contribution is 2.29. The molecule has 1 aromatic carbocycles. The molecule has 0 saturated heterocycles. The molecule has 0 bridgehead atoms. The molecule has 3 N–H and O–H groups in total. The molecule has 0 unspecified atom stereocenters. The van der Waals surface area contributed by atoms with Gasteiger partial charge in [0, 0.05) is 5.69 Å². The van der Waals surface area contributed by atoms with E-state index in [0.29, 0.717) is 11.4 Å². The fourth-order valence-electron chi connectivity index (χ4n) is 1.94. The van der Waals surface area contributed by atoms with Crippen LogP contribution >= 0.6 is 0 Å². The van der Waals surface area contributed by atoms with Crippen LogP contribution in [0.4, 0.5) is 0 Å². The maximum Gasteiger partial charge on any atom is 0.322 e. The van der Waals surface area contributed by atoms with Crippen molar-refractivity contribution in [2.45, 2.75) is 27.7 Å². The highest BCUT2D eigenvalue weighted by molar-refractivity contribution is 5.95. The first-order valence-corrected chi connectivity index (χ1v) is 6.50. The lowest BCUT2D eigenvalue weighted by Gasteiger charge is -2.13. The van der Waals surface area contributed by atoms with Crippen molar-refractivity contribution in [2.24, 2.45) is 10.9 Å². The van der Waals surface area contributed by atoms with Gasteiger partial charge in [0.05, 0.1) is 0 Å². The predicted octanol–water partition coefficient (Wildman–Crippen LogP) is 2.60. The molecule has 0 aliphatic heterocycles. The van der Waals surface area contributed by atoms with Gasteiger partial charge in [0.2, 0.25) is 0 Å². The monoisotopic (exact) mass is 286 g/mol. The van der Waals surface area contributed by atoms with Crippen LogP contribution in [-0.4, -0.2) is 21.0 Å². The Labute approximate surface area is 123 Å². The molecule has 0 spiro atoms. The van der Waals surface area contributed by atoms with Crippen LogP contribution in [0, 0.1) is 27.7 Å². The minimum atomic E-state index is -0.0805. The van der Waals surface area contributed by atoms with Gasteiger partial charge >= 0.3 is 6.01 Å². The lowest BCUT2D eigenvalue weighted by molar-refractivity contribution is 0.318. The molecule has 1 aromatic heterocycles. The molecule has 21 heavy (non-hydrogen) atoms. The van der Waals surface area contributed by atoms with E-state index in [1.165, 1.54) is 0 Å². The first kappa shape index (κ1) is 14.8. The quantitative estimate of drug-likeness (QED) is 0.391. The van der Waals surface area contributed by atoms with Crippen LogP contribution in [0.2, 0.25) is 0 Å². The average Bonchev–Trinajstić information content (AvgIpc) is 2.46. The van der Waals surface area contributed by atoms with Gasteiger partial charge in [-0.15, -0.1) is 0 Å². The number of hydrogen-bond acceptors (Lipinski definition) is 5. The molecule has 0 saturated carbocycles. The molecule has 6 heteroatoms. The third-order valence-electron chi connectivity index (χ3n) is 3.27. The van der Waals surface area contributed by atoms with Crippen LogP contribution < -0.4 is 10.5 Å². The number of hydrogen-bond donors (Lipinski definition) is 2. The van der Waals surface area contributed by atoms with Gasteiger partial charge in [-0.25, -0.2) is 4.98 Å². The topological polar surface area (TPSA) is 93.6 Å². The van der Waals surface area contributed by atoms with Gasteiger partial charge in [0.1, 0.15) is 11.4 Å². The van der Waals surface area contributed by atoms with E-state index in [1.54, 1.807) is 13.0 Å². The minimum absolute atomic E-state index is 0.0805. The zero-order valence-corrected chi connectivity index (χ0v) is 12.5. The summed E-state index contributed by atoms with van der Waals surface area (Å²) in [6.07, 6.45) is 0. The number of aromatic nitrogens is 2. The molecule has 110 valence electrons. The second-order valence-electron chi connectivity index (χ2n) is 4.92. The van der Waals surface area contributed by atoms with Gasteiger partial charge in [-0.2, -0.15) is 4.98 Å². The summed E-state index contributed by atoms with van der Waals surface area (Å²) < 4.78 is 5.82. The van der Waals surface area contributed by atoms with Crippen molar-refractivity contribution in [1.29, 1.82) is 0 Å². The number of benzene rings is 1. The van der Waals surface area contributed by atoms with Crippen LogP contribution in [0.5, 0.6) is 11.8 Å². The molecule has 0 aliphatic rings. The highest BCUT2D eigenvalue weighted by Gasteiger charge is 2.12. The number of aryl methyl sites for hydroxylation is 3. The number of amidine groups is 1. The van der Waals surface area contributed by atoms with E-state index >= 15 is 0 Å². The number of oxime groups is 1. The fourth-order valence-corrected chi connectivity index (χ4v) is 1.94. The molecule has 1 heterocycles. The third kappa shape index (κ3) is 3.10. The van der Waals surface area contributed by atoms with E-state index in [2.05, 4.69) is 15.1 Å². The summed E-state index contributed by atoms with van der Waals surface area (Å²) in [6, 6.07) is 5.82. The Hall–Kier alpha value is -2.63. The minimum Gasteiger partial charge on any atom is -0.424 e. The Kier molecular flexibility index (Phi) is 4.07. The van der Waals surface area contributed by atoms with E-state index in [-0.39, 0.29) is 11.8 Å². The van der Waals surface area contributed by atoms with Crippen molar-refractivity contribution in [2.75, 3.05) is 0 Å². The Morgan fingerprint density at radius 2 is 1.81 bits per heavy atom. The smallest absolute Gasteiger partial charge is 0.322 e. The molecule has 0 amide bonds. The van der Waals surface area contributed by atoms with Crippen LogP contribution in [0.15, 0.2) is 23.4 Å². The van der Waals surface area contributed by atoms with Crippen molar-refractivity contribution < 1.29 is 9.94 Å². The summed E-state index contributed by atoms with van der Waals surface area (Å²) in [6.45, 7) is 7.75. The highest BCUT2D eigenvalue weighted by atomic mass is 16.5. The molecule has 0 atom stereocenters. The first-order chi connectivity index (χ1) is 9.92. The molecule has 6 nitrogen and oxygen atoms in total. The van der Waals surface area contributed by atoms with E-state index < -0.39 is 0 Å². The van der Waals surface area contributed by atoms with Crippen molar-refractivity contribution >= 4 is 5.84 Å². The van der Waals surface area contributed by atoms with Gasteiger partial charge in [0.25, 0.3) is 0 Å². The number of ether oxygens (including phenoxy) is 1. The Morgan fingerprint density at radius 3 is 2.48 bits per heavy atom. The fraction of sp³-hybridized carbons (Fsp3) is 0.267. The van der Waals surface area contributed by atoms with Crippen molar-refractivity contribution in [3.8, 4) is 11.8 Å². The second-order valence-corrected chi connectivity index (χ2v) is 4.92. The maximum absolute atomic E-state index is 8.75. The van der Waals surface area contributed by atoms with Crippen molar-refractivity contribution in [1.82, 2.24) is 9.97 Å². The Bertz CT molecular complexity index is 711. The molecule has 0 radical (unpaired) electrons. The van der Waals surface area contributed by atoms with Gasteiger partial charge in [-0.1, -0.05) is 17.3 Å². The van der Waals surface area contributed by atoms with Gasteiger partial charge in [0.15, 0.2) is 5.84 Å². The van der Waals surface area contributed by atoms with E-state index in [0.717, 1.165) is 22.4 Å². The van der Waals surface area contributed by atoms with Crippen molar-refractivity contribution in [3.63, 3.8) is 0 Å². The largest absolute Gasteiger partial charge is 0.424 e. The first-order valence-electron chi connectivity index (χ1n) is 6.50. The molecule has 2 aromatic rings. The molecule has 0 aliphatic carbocycles. The summed E-state index contributed by atoms with van der Waals surface area (Å²) in [5.41, 5.74) is 9.71. The van der Waals surface area contributed by atoms with E-state index in [9.17, 15) is 0 Å². The van der Waals surface area contributed by atoms with Crippen molar-refractivity contribution in [3.05, 3.63) is 46.3 Å². The van der Waals surface area contributed by atoms with Gasteiger partial charge < -0.3 is 15.7 Å². The SMILES string of the molecule is Cc1cc(/C(N)=N/O)nc(Oc2c(C)ccc(C)c2C)n1. The zero-order valence-electron chi connectivity index (χ0n) is 12.5. The average molecular weight is 286 g/mol. The van der Waals surface area contributed by atoms with Crippen LogP contribution in [0.25, 0.3) is 0 Å².